The largest absolute Gasteiger partial charge is 0.491 e. The van der Waals surface area contributed by atoms with Crippen molar-refractivity contribution >= 4 is 15.8 Å². The van der Waals surface area contributed by atoms with Gasteiger partial charge in [-0.2, -0.15) is 0 Å². The highest BCUT2D eigenvalue weighted by atomic mass is 32.2. The van der Waals surface area contributed by atoms with Crippen LogP contribution in [0.25, 0.3) is 0 Å². The summed E-state index contributed by atoms with van der Waals surface area (Å²) in [6.07, 6.45) is 0.598. The predicted octanol–water partition coefficient (Wildman–Crippen LogP) is 1.20. The second kappa shape index (κ2) is 4.61. The number of carbonyl (C=O) groups is 1. The minimum atomic E-state index is -3.36. The van der Waals surface area contributed by atoms with Gasteiger partial charge in [-0.25, -0.2) is 13.2 Å². The van der Waals surface area contributed by atoms with E-state index < -0.39 is 15.8 Å². The molecule has 0 radical (unpaired) electrons. The van der Waals surface area contributed by atoms with Crippen molar-refractivity contribution in [3.63, 3.8) is 0 Å². The molecule has 1 aliphatic heterocycles. The van der Waals surface area contributed by atoms with Crippen LogP contribution in [0.4, 0.5) is 0 Å². The molecule has 18 heavy (non-hydrogen) atoms. The molecule has 2 rings (SSSR count). The van der Waals surface area contributed by atoms with Crippen LogP contribution in [0.1, 0.15) is 22.8 Å². The number of fused-ring (bicyclic) bond motifs is 1. The summed E-state index contributed by atoms with van der Waals surface area (Å²) in [4.78, 5) is 11.7. The lowest BCUT2D eigenvalue weighted by Gasteiger charge is -2.19. The monoisotopic (exact) mass is 270 g/mol. The Morgan fingerprint density at radius 1 is 1.44 bits per heavy atom. The van der Waals surface area contributed by atoms with Gasteiger partial charge in [-0.05, 0) is 24.1 Å². The van der Waals surface area contributed by atoms with Crippen molar-refractivity contribution in [2.24, 2.45) is 0 Å². The molecule has 1 aromatic carbocycles. The Morgan fingerprint density at radius 3 is 2.78 bits per heavy atom. The zero-order valence-corrected chi connectivity index (χ0v) is 11.0. The first-order chi connectivity index (χ1) is 8.49. The molecular weight excluding hydrogens is 256 g/mol. The van der Waals surface area contributed by atoms with Crippen molar-refractivity contribution in [2.75, 3.05) is 19.5 Å². The quantitative estimate of drug-likeness (QED) is 0.755. The Labute approximate surface area is 106 Å². The van der Waals surface area contributed by atoms with Crippen LogP contribution in [-0.4, -0.2) is 33.9 Å². The van der Waals surface area contributed by atoms with Gasteiger partial charge >= 0.3 is 5.97 Å². The van der Waals surface area contributed by atoms with Crippen LogP contribution in [0.15, 0.2) is 17.0 Å². The Balaban J connectivity index is 2.67. The molecule has 0 atom stereocenters. The Bertz CT molecular complexity index is 589. The van der Waals surface area contributed by atoms with Gasteiger partial charge in [0.25, 0.3) is 0 Å². The highest BCUT2D eigenvalue weighted by Crippen LogP contribution is 2.32. The molecule has 0 saturated heterocycles. The highest BCUT2D eigenvalue weighted by Gasteiger charge is 2.28. The lowest BCUT2D eigenvalue weighted by Crippen LogP contribution is -2.22. The van der Waals surface area contributed by atoms with Crippen LogP contribution in [-0.2, 0) is 21.0 Å². The number of hydrogen-bond donors (Lipinski definition) is 0. The van der Waals surface area contributed by atoms with Crippen molar-refractivity contribution < 1.29 is 22.7 Å². The molecule has 1 aromatic rings. The number of aryl methyl sites for hydroxylation is 1. The highest BCUT2D eigenvalue weighted by molar-refractivity contribution is 7.91. The van der Waals surface area contributed by atoms with Gasteiger partial charge in [-0.15, -0.1) is 0 Å². The minimum Gasteiger partial charge on any atom is -0.491 e. The molecule has 1 aliphatic rings. The number of esters is 1. The van der Waals surface area contributed by atoms with E-state index in [-0.39, 0.29) is 22.8 Å². The standard InChI is InChI=1S/C12H14O5S/c1-3-8-6-10-11(7-9(8)12(13)16-2)18(14,15)5-4-17-10/h6-7H,3-5H2,1-2H3. The van der Waals surface area contributed by atoms with E-state index in [9.17, 15) is 13.2 Å². The van der Waals surface area contributed by atoms with Crippen molar-refractivity contribution in [1.82, 2.24) is 0 Å². The maximum absolute atomic E-state index is 11.9. The maximum atomic E-state index is 11.9. The van der Waals surface area contributed by atoms with Gasteiger partial charge in [0.2, 0.25) is 0 Å². The fourth-order valence-electron chi connectivity index (χ4n) is 1.92. The van der Waals surface area contributed by atoms with E-state index >= 15 is 0 Å². The molecule has 0 bridgehead atoms. The first kappa shape index (κ1) is 12.9. The van der Waals surface area contributed by atoms with Gasteiger partial charge in [0, 0.05) is 0 Å². The number of carbonyl (C=O) groups excluding carboxylic acids is 1. The molecule has 0 amide bonds. The summed E-state index contributed by atoms with van der Waals surface area (Å²) in [6.45, 7) is 2.03. The number of ether oxygens (including phenoxy) is 2. The lowest BCUT2D eigenvalue weighted by molar-refractivity contribution is 0.0599. The third-order valence-corrected chi connectivity index (χ3v) is 4.59. The summed E-state index contributed by atoms with van der Waals surface area (Å²) in [5.41, 5.74) is 1.01. The Morgan fingerprint density at radius 2 is 2.17 bits per heavy atom. The third-order valence-electron chi connectivity index (χ3n) is 2.90. The molecule has 0 saturated carbocycles. The second-order valence-corrected chi connectivity index (χ2v) is 6.05. The number of benzene rings is 1. The zero-order valence-electron chi connectivity index (χ0n) is 10.2. The third kappa shape index (κ3) is 2.08. The molecule has 1 heterocycles. The van der Waals surface area contributed by atoms with Crippen molar-refractivity contribution in [3.8, 4) is 5.75 Å². The molecule has 6 heteroatoms. The summed E-state index contributed by atoms with van der Waals surface area (Å²) in [6, 6.07) is 2.97. The molecule has 98 valence electrons. The summed E-state index contributed by atoms with van der Waals surface area (Å²) < 4.78 is 33.8. The molecule has 5 nitrogen and oxygen atoms in total. The van der Waals surface area contributed by atoms with Gasteiger partial charge in [0.05, 0.1) is 18.4 Å². The van der Waals surface area contributed by atoms with Gasteiger partial charge in [-0.3, -0.25) is 0 Å². The molecule has 0 aliphatic carbocycles. The first-order valence-corrected chi connectivity index (χ1v) is 7.25. The second-order valence-electron chi connectivity index (χ2n) is 3.97. The van der Waals surface area contributed by atoms with Crippen molar-refractivity contribution in [1.29, 1.82) is 0 Å². The van der Waals surface area contributed by atoms with E-state index in [1.807, 2.05) is 6.92 Å². The summed E-state index contributed by atoms with van der Waals surface area (Å²) in [7, 11) is -2.09. The smallest absolute Gasteiger partial charge is 0.338 e. The Kier molecular flexibility index (Phi) is 3.30. The summed E-state index contributed by atoms with van der Waals surface area (Å²) in [5, 5.41) is 0. The van der Waals surface area contributed by atoms with Crippen LogP contribution in [0.3, 0.4) is 0 Å². The zero-order chi connectivity index (χ0) is 13.3. The molecule has 0 fully saturated rings. The van der Waals surface area contributed by atoms with Crippen LogP contribution in [0.5, 0.6) is 5.75 Å². The van der Waals surface area contributed by atoms with E-state index in [1.54, 1.807) is 6.07 Å². The number of sulfone groups is 1. The van der Waals surface area contributed by atoms with Gasteiger partial charge in [0.15, 0.2) is 9.84 Å². The van der Waals surface area contributed by atoms with Crippen LogP contribution in [0.2, 0.25) is 0 Å². The van der Waals surface area contributed by atoms with E-state index in [0.29, 0.717) is 12.2 Å². The number of methoxy groups -OCH3 is 1. The summed E-state index contributed by atoms with van der Waals surface area (Å²) >= 11 is 0. The van der Waals surface area contributed by atoms with Crippen molar-refractivity contribution in [3.05, 3.63) is 23.3 Å². The van der Waals surface area contributed by atoms with E-state index in [1.165, 1.54) is 13.2 Å². The predicted molar refractivity (Wildman–Crippen MR) is 64.7 cm³/mol. The first-order valence-electron chi connectivity index (χ1n) is 5.60. The van der Waals surface area contributed by atoms with Gasteiger partial charge in [0.1, 0.15) is 17.3 Å². The molecular formula is C12H14O5S. The number of rotatable bonds is 2. The number of hydrogen-bond acceptors (Lipinski definition) is 5. The topological polar surface area (TPSA) is 69.7 Å². The van der Waals surface area contributed by atoms with Gasteiger partial charge < -0.3 is 9.47 Å². The fraction of sp³-hybridized carbons (Fsp3) is 0.417. The fourth-order valence-corrected chi connectivity index (χ4v) is 3.17. The summed E-state index contributed by atoms with van der Waals surface area (Å²) in [5.74, 6) is -0.271. The van der Waals surface area contributed by atoms with E-state index in [4.69, 9.17) is 4.74 Å². The average Bonchev–Trinajstić information content (AvgIpc) is 2.36. The van der Waals surface area contributed by atoms with E-state index in [0.717, 1.165) is 5.56 Å². The van der Waals surface area contributed by atoms with E-state index in [2.05, 4.69) is 4.74 Å². The van der Waals surface area contributed by atoms with Crippen molar-refractivity contribution in [2.45, 2.75) is 18.2 Å². The Hall–Kier alpha value is -1.56. The van der Waals surface area contributed by atoms with Crippen LogP contribution < -0.4 is 4.74 Å². The SMILES string of the molecule is CCc1cc2c(cc1C(=O)OC)S(=O)(=O)CCO2. The normalized spacial score (nSPS) is 16.6. The maximum Gasteiger partial charge on any atom is 0.338 e. The molecule has 0 N–H and O–H groups in total. The van der Waals surface area contributed by atoms with Gasteiger partial charge in [-0.1, -0.05) is 6.92 Å². The molecule has 0 unspecified atom stereocenters. The molecule has 0 aromatic heterocycles. The lowest BCUT2D eigenvalue weighted by atomic mass is 10.0. The van der Waals surface area contributed by atoms with Crippen LogP contribution in [0, 0.1) is 0 Å². The average molecular weight is 270 g/mol. The minimum absolute atomic E-state index is 0.0634. The van der Waals surface area contributed by atoms with Crippen LogP contribution >= 0.6 is 0 Å². The molecule has 0 spiro atoms.